The highest BCUT2D eigenvalue weighted by Gasteiger charge is 2.15. The second kappa shape index (κ2) is 3.29. The van der Waals surface area contributed by atoms with Crippen LogP contribution >= 0.6 is 23.6 Å². The molecule has 0 N–H and O–H groups in total. The molecule has 0 fully saturated rings. The Morgan fingerprint density at radius 3 is 3.00 bits per heavy atom. The molecule has 0 aliphatic heterocycles. The van der Waals surface area contributed by atoms with Gasteiger partial charge in [0.05, 0.1) is 5.92 Å². The third-order valence-corrected chi connectivity index (χ3v) is 2.95. The molecule has 1 aromatic heterocycles. The van der Waals surface area contributed by atoms with Crippen molar-refractivity contribution in [2.75, 3.05) is 0 Å². The topological polar surface area (TPSA) is 12.9 Å². The summed E-state index contributed by atoms with van der Waals surface area (Å²) in [6.45, 7) is 0. The minimum absolute atomic E-state index is 0.227. The van der Waals surface area contributed by atoms with Gasteiger partial charge in [-0.3, -0.25) is 0 Å². The molecule has 0 saturated carbocycles. The summed E-state index contributed by atoms with van der Waals surface area (Å²) in [4.78, 5) is 5.19. The summed E-state index contributed by atoms with van der Waals surface area (Å²) in [6, 6.07) is 0. The van der Waals surface area contributed by atoms with Gasteiger partial charge in [-0.25, -0.2) is 4.98 Å². The first kappa shape index (κ1) is 7.83. The van der Waals surface area contributed by atoms with Crippen molar-refractivity contribution < 1.29 is 0 Å². The first-order valence-electron chi connectivity index (χ1n) is 3.66. The van der Waals surface area contributed by atoms with Crippen molar-refractivity contribution in [1.29, 1.82) is 0 Å². The van der Waals surface area contributed by atoms with Gasteiger partial charge in [0.25, 0.3) is 0 Å². The molecule has 60 valence electrons. The first-order chi connectivity index (χ1) is 5.88. The normalized spacial score (nSPS) is 21.7. The molecule has 12 heavy (non-hydrogen) atoms. The minimum Gasteiger partial charge on any atom is -0.249 e. The Hall–Kier alpha value is -0.800. The Morgan fingerprint density at radius 2 is 2.33 bits per heavy atom. The lowest BCUT2D eigenvalue weighted by molar-refractivity contribution is 1.11. The van der Waals surface area contributed by atoms with Crippen LogP contribution in [0.1, 0.15) is 10.9 Å². The van der Waals surface area contributed by atoms with E-state index in [-0.39, 0.29) is 5.92 Å². The van der Waals surface area contributed by atoms with Gasteiger partial charge in [0.2, 0.25) is 0 Å². The van der Waals surface area contributed by atoms with E-state index in [0.29, 0.717) is 0 Å². The molecule has 1 nitrogen and oxygen atoms in total. The summed E-state index contributed by atoms with van der Waals surface area (Å²) >= 11 is 6.85. The molecular weight excluding hydrogens is 186 g/mol. The average molecular weight is 193 g/mol. The van der Waals surface area contributed by atoms with E-state index in [2.05, 4.69) is 11.1 Å². The van der Waals surface area contributed by atoms with Gasteiger partial charge in [-0.05, 0) is 6.08 Å². The standard InChI is InChI=1S/C9H7NS2/c11-8-4-2-1-3-7(8)9-10-5-6-12-9/h1-7H. The minimum atomic E-state index is 0.227. The third-order valence-electron chi connectivity index (χ3n) is 1.70. The number of hydrogen-bond acceptors (Lipinski definition) is 3. The predicted molar refractivity (Wildman–Crippen MR) is 55.7 cm³/mol. The number of thiocarbonyl (C=S) groups is 1. The van der Waals surface area contributed by atoms with Gasteiger partial charge >= 0.3 is 0 Å². The number of rotatable bonds is 1. The third kappa shape index (κ3) is 1.38. The van der Waals surface area contributed by atoms with Crippen LogP contribution < -0.4 is 0 Å². The Bertz CT molecular complexity index is 335. The van der Waals surface area contributed by atoms with E-state index in [4.69, 9.17) is 12.2 Å². The number of nitrogens with zero attached hydrogens (tertiary/aromatic N) is 1. The van der Waals surface area contributed by atoms with Crippen LogP contribution in [-0.4, -0.2) is 9.85 Å². The molecule has 1 aromatic rings. The van der Waals surface area contributed by atoms with Crippen molar-refractivity contribution in [3.05, 3.63) is 40.9 Å². The molecule has 0 radical (unpaired) electrons. The van der Waals surface area contributed by atoms with Crippen LogP contribution in [0, 0.1) is 0 Å². The molecule has 1 heterocycles. The van der Waals surface area contributed by atoms with E-state index in [9.17, 15) is 0 Å². The maximum absolute atomic E-state index is 5.20. The summed E-state index contributed by atoms with van der Waals surface area (Å²) in [5.74, 6) is 0.227. The van der Waals surface area contributed by atoms with E-state index in [1.54, 1.807) is 11.3 Å². The second-order valence-corrected chi connectivity index (χ2v) is 3.89. The van der Waals surface area contributed by atoms with Gasteiger partial charge in [0, 0.05) is 16.4 Å². The van der Waals surface area contributed by atoms with Gasteiger partial charge in [-0.15, -0.1) is 11.3 Å². The second-order valence-electron chi connectivity index (χ2n) is 2.49. The van der Waals surface area contributed by atoms with Gasteiger partial charge < -0.3 is 0 Å². The molecule has 1 aliphatic carbocycles. The van der Waals surface area contributed by atoms with Crippen LogP contribution in [0.5, 0.6) is 0 Å². The lowest BCUT2D eigenvalue weighted by Crippen LogP contribution is -2.06. The quantitative estimate of drug-likeness (QED) is 0.636. The van der Waals surface area contributed by atoms with Crippen LogP contribution in [0.25, 0.3) is 0 Å². The van der Waals surface area contributed by atoms with Gasteiger partial charge in [-0.1, -0.05) is 30.4 Å². The SMILES string of the molecule is S=C1C=CC=CC1c1nccs1. The largest absolute Gasteiger partial charge is 0.249 e. The van der Waals surface area contributed by atoms with E-state index in [1.165, 1.54) is 0 Å². The van der Waals surface area contributed by atoms with Crippen LogP contribution in [0.3, 0.4) is 0 Å². The Morgan fingerprint density at radius 1 is 1.42 bits per heavy atom. The van der Waals surface area contributed by atoms with Crippen molar-refractivity contribution in [2.45, 2.75) is 5.92 Å². The fourth-order valence-corrected chi connectivity index (χ4v) is 2.19. The average Bonchev–Trinajstić information content (AvgIpc) is 2.57. The van der Waals surface area contributed by atoms with Crippen molar-refractivity contribution in [3.8, 4) is 0 Å². The van der Waals surface area contributed by atoms with Crippen molar-refractivity contribution in [3.63, 3.8) is 0 Å². The van der Waals surface area contributed by atoms with Gasteiger partial charge in [0.15, 0.2) is 0 Å². The molecule has 1 aliphatic rings. The van der Waals surface area contributed by atoms with Crippen molar-refractivity contribution in [2.24, 2.45) is 0 Å². The van der Waals surface area contributed by atoms with Crippen molar-refractivity contribution >= 4 is 28.4 Å². The van der Waals surface area contributed by atoms with Crippen molar-refractivity contribution in [1.82, 2.24) is 4.98 Å². The summed E-state index contributed by atoms with van der Waals surface area (Å²) in [6.07, 6.45) is 9.84. The molecule has 0 spiro atoms. The molecule has 0 saturated heterocycles. The zero-order chi connectivity index (χ0) is 8.39. The van der Waals surface area contributed by atoms with Crippen LogP contribution in [0.4, 0.5) is 0 Å². The zero-order valence-corrected chi connectivity index (χ0v) is 7.94. The highest BCUT2D eigenvalue weighted by Crippen LogP contribution is 2.24. The molecule has 0 amide bonds. The fraction of sp³-hybridized carbons (Fsp3) is 0.111. The molecule has 3 heteroatoms. The van der Waals surface area contributed by atoms with Gasteiger partial charge in [0.1, 0.15) is 5.01 Å². The number of allylic oxidation sites excluding steroid dienone is 4. The monoisotopic (exact) mass is 193 g/mol. The maximum Gasteiger partial charge on any atom is 0.105 e. The maximum atomic E-state index is 5.20. The zero-order valence-electron chi connectivity index (χ0n) is 6.31. The van der Waals surface area contributed by atoms with Crippen LogP contribution in [-0.2, 0) is 0 Å². The van der Waals surface area contributed by atoms with Crippen LogP contribution in [0.2, 0.25) is 0 Å². The summed E-state index contributed by atoms with van der Waals surface area (Å²) in [5.41, 5.74) is 0. The summed E-state index contributed by atoms with van der Waals surface area (Å²) in [7, 11) is 0. The Balaban J connectivity index is 2.31. The fourth-order valence-electron chi connectivity index (χ4n) is 1.12. The smallest absolute Gasteiger partial charge is 0.105 e. The number of thiazole rings is 1. The van der Waals surface area contributed by atoms with E-state index < -0.39 is 0 Å². The van der Waals surface area contributed by atoms with E-state index >= 15 is 0 Å². The molecule has 0 bridgehead atoms. The molecule has 1 atom stereocenters. The first-order valence-corrected chi connectivity index (χ1v) is 4.95. The lowest BCUT2D eigenvalue weighted by atomic mass is 10.0. The highest BCUT2D eigenvalue weighted by molar-refractivity contribution is 7.80. The molecular formula is C9H7NS2. The van der Waals surface area contributed by atoms with Crippen LogP contribution in [0.15, 0.2) is 35.9 Å². The number of aromatic nitrogens is 1. The molecule has 1 unspecified atom stereocenters. The van der Waals surface area contributed by atoms with E-state index in [0.717, 1.165) is 9.87 Å². The molecule has 2 rings (SSSR count). The Kier molecular flexibility index (Phi) is 2.15. The molecule has 0 aromatic carbocycles. The Labute approximate surface area is 80.5 Å². The lowest BCUT2D eigenvalue weighted by Gasteiger charge is -2.10. The predicted octanol–water partition coefficient (Wildman–Crippen LogP) is 2.72. The highest BCUT2D eigenvalue weighted by atomic mass is 32.1. The van der Waals surface area contributed by atoms with Gasteiger partial charge in [-0.2, -0.15) is 0 Å². The summed E-state index contributed by atoms with van der Waals surface area (Å²) < 4.78 is 0. The summed E-state index contributed by atoms with van der Waals surface area (Å²) in [5, 5.41) is 3.06. The van der Waals surface area contributed by atoms with E-state index in [1.807, 2.05) is 29.8 Å². The number of hydrogen-bond donors (Lipinski definition) is 0.